The number of rotatable bonds is 9. The second kappa shape index (κ2) is 10.5. The Morgan fingerprint density at radius 1 is 1.14 bits per heavy atom. The topological polar surface area (TPSA) is 96.3 Å². The number of ether oxygens (including phenoxy) is 4. The summed E-state index contributed by atoms with van der Waals surface area (Å²) in [6, 6.07) is 5.01. The number of hydrogen-bond acceptors (Lipinski definition) is 7. The summed E-state index contributed by atoms with van der Waals surface area (Å²) in [6.07, 6.45) is 1.62. The average molecular weight is 485 g/mol. The minimum atomic E-state index is -0.457. The highest BCUT2D eigenvalue weighted by Crippen LogP contribution is 2.33. The summed E-state index contributed by atoms with van der Waals surface area (Å²) in [5.74, 6) is 0.112. The lowest BCUT2D eigenvalue weighted by Gasteiger charge is -2.25. The summed E-state index contributed by atoms with van der Waals surface area (Å²) in [6.45, 7) is 8.91. The Kier molecular flexibility index (Phi) is 7.45. The van der Waals surface area contributed by atoms with Crippen molar-refractivity contribution in [2.24, 2.45) is 0 Å². The zero-order chi connectivity index (χ0) is 25.1. The van der Waals surface area contributed by atoms with Crippen molar-refractivity contribution in [2.75, 3.05) is 33.1 Å². The third-order valence-corrected chi connectivity index (χ3v) is 6.52. The van der Waals surface area contributed by atoms with E-state index in [4.69, 9.17) is 18.9 Å². The summed E-state index contributed by atoms with van der Waals surface area (Å²) in [4.78, 5) is 41.3. The SMILES string of the molecule is CCOC(=O)c1c(C)c(C(=O)CN(CC2CCCO2)C(=O)c2ccc3c(c2)OCO3)c(C)n1CC. The molecule has 0 saturated carbocycles. The van der Waals surface area contributed by atoms with Crippen molar-refractivity contribution >= 4 is 17.7 Å². The van der Waals surface area contributed by atoms with E-state index in [2.05, 4.69) is 0 Å². The molecule has 0 radical (unpaired) electrons. The first-order chi connectivity index (χ1) is 16.8. The van der Waals surface area contributed by atoms with Gasteiger partial charge in [0.2, 0.25) is 6.79 Å². The van der Waals surface area contributed by atoms with E-state index in [0.29, 0.717) is 59.3 Å². The molecule has 0 bridgehead atoms. The third-order valence-electron chi connectivity index (χ3n) is 6.52. The van der Waals surface area contributed by atoms with Gasteiger partial charge in [-0.2, -0.15) is 0 Å². The number of carbonyl (C=O) groups is 3. The van der Waals surface area contributed by atoms with E-state index in [9.17, 15) is 14.4 Å². The second-order valence-electron chi connectivity index (χ2n) is 8.71. The Bertz CT molecular complexity index is 1130. The van der Waals surface area contributed by atoms with Crippen molar-refractivity contribution in [1.82, 2.24) is 9.47 Å². The lowest BCUT2D eigenvalue weighted by atomic mass is 10.0. The summed E-state index contributed by atoms with van der Waals surface area (Å²) in [5.41, 5.74) is 2.49. The van der Waals surface area contributed by atoms with Crippen LogP contribution in [0.5, 0.6) is 11.5 Å². The van der Waals surface area contributed by atoms with Crippen LogP contribution in [0.3, 0.4) is 0 Å². The molecule has 1 aromatic carbocycles. The summed E-state index contributed by atoms with van der Waals surface area (Å²) >= 11 is 0. The molecular formula is C26H32N2O7. The normalized spacial score (nSPS) is 16.4. The van der Waals surface area contributed by atoms with Crippen molar-refractivity contribution < 1.29 is 33.3 Å². The minimum Gasteiger partial charge on any atom is -0.461 e. The zero-order valence-corrected chi connectivity index (χ0v) is 20.7. The number of amides is 1. The lowest BCUT2D eigenvalue weighted by molar-refractivity contribution is 0.0505. The van der Waals surface area contributed by atoms with E-state index in [1.54, 1.807) is 36.6 Å². The van der Waals surface area contributed by atoms with Crippen LogP contribution < -0.4 is 9.47 Å². The Morgan fingerprint density at radius 3 is 2.60 bits per heavy atom. The molecule has 2 aliphatic rings. The molecule has 0 aliphatic carbocycles. The molecule has 1 atom stereocenters. The van der Waals surface area contributed by atoms with Crippen LogP contribution in [0.2, 0.25) is 0 Å². The maximum Gasteiger partial charge on any atom is 0.355 e. The fourth-order valence-electron chi connectivity index (χ4n) is 4.88. The van der Waals surface area contributed by atoms with Gasteiger partial charge in [-0.3, -0.25) is 9.59 Å². The number of fused-ring (bicyclic) bond motifs is 1. The fraction of sp³-hybridized carbons (Fsp3) is 0.500. The van der Waals surface area contributed by atoms with Gasteiger partial charge in [-0.25, -0.2) is 4.79 Å². The summed E-state index contributed by atoms with van der Waals surface area (Å²) < 4.78 is 23.6. The molecule has 9 nitrogen and oxygen atoms in total. The molecule has 1 aromatic heterocycles. The predicted molar refractivity (Wildman–Crippen MR) is 127 cm³/mol. The van der Waals surface area contributed by atoms with Crippen LogP contribution in [-0.4, -0.2) is 66.3 Å². The van der Waals surface area contributed by atoms with Crippen LogP contribution in [0.25, 0.3) is 0 Å². The number of aromatic nitrogens is 1. The van der Waals surface area contributed by atoms with Crippen molar-refractivity contribution in [3.8, 4) is 11.5 Å². The standard InChI is InChI=1S/C26H32N2O7/c1-5-28-17(4)23(16(3)24(28)26(31)32-6-2)20(29)14-27(13-19-8-7-11-33-19)25(30)18-9-10-21-22(12-18)35-15-34-21/h9-10,12,19H,5-8,11,13-15H2,1-4H3. The monoisotopic (exact) mass is 484 g/mol. The number of benzene rings is 1. The van der Waals surface area contributed by atoms with E-state index in [0.717, 1.165) is 12.8 Å². The third kappa shape index (κ3) is 4.91. The number of hydrogen-bond donors (Lipinski definition) is 0. The maximum atomic E-state index is 13.6. The Morgan fingerprint density at radius 2 is 1.91 bits per heavy atom. The molecule has 2 aliphatic heterocycles. The molecule has 0 spiro atoms. The Hall–Kier alpha value is -3.33. The van der Waals surface area contributed by atoms with Crippen molar-refractivity contribution in [2.45, 2.75) is 53.2 Å². The molecule has 35 heavy (non-hydrogen) atoms. The Labute approximate surface area is 204 Å². The highest BCUT2D eigenvalue weighted by Gasteiger charge is 2.31. The van der Waals surface area contributed by atoms with Gasteiger partial charge in [0.1, 0.15) is 5.69 Å². The first kappa shape index (κ1) is 24.8. The van der Waals surface area contributed by atoms with Gasteiger partial charge in [0.05, 0.1) is 19.3 Å². The molecule has 1 amide bonds. The first-order valence-electron chi connectivity index (χ1n) is 12.1. The first-order valence-corrected chi connectivity index (χ1v) is 12.1. The van der Waals surface area contributed by atoms with Gasteiger partial charge in [0.25, 0.3) is 5.91 Å². The van der Waals surface area contributed by atoms with E-state index < -0.39 is 5.97 Å². The highest BCUT2D eigenvalue weighted by atomic mass is 16.7. The van der Waals surface area contributed by atoms with E-state index in [-0.39, 0.29) is 37.7 Å². The van der Waals surface area contributed by atoms with Crippen LogP contribution in [0.1, 0.15) is 69.2 Å². The number of ketones is 1. The molecule has 188 valence electrons. The van der Waals surface area contributed by atoms with Gasteiger partial charge in [0.15, 0.2) is 17.3 Å². The highest BCUT2D eigenvalue weighted by molar-refractivity contribution is 6.06. The molecule has 3 heterocycles. The van der Waals surface area contributed by atoms with Crippen LogP contribution in [0.15, 0.2) is 18.2 Å². The zero-order valence-electron chi connectivity index (χ0n) is 20.7. The lowest BCUT2D eigenvalue weighted by Crippen LogP contribution is -2.41. The largest absolute Gasteiger partial charge is 0.461 e. The van der Waals surface area contributed by atoms with E-state index >= 15 is 0 Å². The van der Waals surface area contributed by atoms with Gasteiger partial charge in [-0.05, 0) is 64.3 Å². The van der Waals surface area contributed by atoms with E-state index in [1.807, 2.05) is 13.8 Å². The fourth-order valence-corrected chi connectivity index (χ4v) is 4.88. The molecule has 4 rings (SSSR count). The van der Waals surface area contributed by atoms with Crippen LogP contribution in [0, 0.1) is 13.8 Å². The van der Waals surface area contributed by atoms with Crippen LogP contribution >= 0.6 is 0 Å². The average Bonchev–Trinajstić information content (AvgIpc) is 3.57. The molecule has 0 N–H and O–H groups in total. The number of carbonyl (C=O) groups excluding carboxylic acids is 3. The smallest absolute Gasteiger partial charge is 0.355 e. The molecule has 2 aromatic rings. The van der Waals surface area contributed by atoms with Crippen molar-refractivity contribution in [3.63, 3.8) is 0 Å². The summed E-state index contributed by atoms with van der Waals surface area (Å²) in [7, 11) is 0. The molecule has 9 heteroatoms. The van der Waals surface area contributed by atoms with Crippen LogP contribution in [0.4, 0.5) is 0 Å². The minimum absolute atomic E-state index is 0.112. The molecule has 1 unspecified atom stereocenters. The van der Waals surface area contributed by atoms with Crippen molar-refractivity contribution in [3.05, 3.63) is 46.3 Å². The van der Waals surface area contributed by atoms with Gasteiger partial charge in [0, 0.05) is 36.5 Å². The predicted octanol–water partition coefficient (Wildman–Crippen LogP) is 3.53. The second-order valence-corrected chi connectivity index (χ2v) is 8.71. The van der Waals surface area contributed by atoms with Gasteiger partial charge in [-0.15, -0.1) is 0 Å². The summed E-state index contributed by atoms with van der Waals surface area (Å²) in [5, 5.41) is 0. The number of esters is 1. The Balaban J connectivity index is 1.63. The quantitative estimate of drug-likeness (QED) is 0.397. The van der Waals surface area contributed by atoms with Crippen molar-refractivity contribution in [1.29, 1.82) is 0 Å². The van der Waals surface area contributed by atoms with Gasteiger partial charge < -0.3 is 28.4 Å². The van der Waals surface area contributed by atoms with Gasteiger partial charge in [-0.1, -0.05) is 0 Å². The molecule has 1 saturated heterocycles. The number of Topliss-reactive ketones (excluding diaryl/α,β-unsaturated/α-hetero) is 1. The van der Waals surface area contributed by atoms with E-state index in [1.165, 1.54) is 4.90 Å². The van der Waals surface area contributed by atoms with Gasteiger partial charge >= 0.3 is 5.97 Å². The van der Waals surface area contributed by atoms with Crippen LogP contribution in [-0.2, 0) is 16.0 Å². The molecule has 1 fully saturated rings. The molecular weight excluding hydrogens is 452 g/mol. The number of nitrogens with zero attached hydrogens (tertiary/aromatic N) is 2. The maximum absolute atomic E-state index is 13.6.